The zero-order chi connectivity index (χ0) is 20.6. The largest absolute Gasteiger partial charge is 0.271 e. The molecule has 0 saturated heterocycles. The molecule has 4 nitrogen and oxygen atoms in total. The van der Waals surface area contributed by atoms with E-state index in [1.807, 2.05) is 78.9 Å². The van der Waals surface area contributed by atoms with Gasteiger partial charge in [0, 0.05) is 21.7 Å². The number of hydrogen-bond acceptors (Lipinski definition) is 2. The number of hydrogen-bond donors (Lipinski definition) is 0. The molecule has 0 radical (unpaired) electrons. The van der Waals surface area contributed by atoms with E-state index in [1.54, 1.807) is 0 Å². The van der Waals surface area contributed by atoms with E-state index in [1.165, 1.54) is 0 Å². The first-order valence-electron chi connectivity index (χ1n) is 9.74. The molecule has 0 saturated carbocycles. The highest BCUT2D eigenvalue weighted by Crippen LogP contribution is 2.34. The summed E-state index contributed by atoms with van der Waals surface area (Å²) in [4.78, 5) is 8.25. The Kier molecular flexibility index (Phi) is 5.99. The van der Waals surface area contributed by atoms with Crippen LogP contribution in [0.1, 0.15) is 28.3 Å². The van der Waals surface area contributed by atoms with E-state index in [-0.39, 0.29) is 6.04 Å². The molecule has 0 amide bonds. The van der Waals surface area contributed by atoms with Crippen molar-refractivity contribution in [3.05, 3.63) is 148 Å². The van der Waals surface area contributed by atoms with Gasteiger partial charge in [-0.15, -0.1) is 0 Å². The van der Waals surface area contributed by atoms with Gasteiger partial charge >= 0.3 is 0 Å². The van der Waals surface area contributed by atoms with E-state index >= 15 is 0 Å². The Morgan fingerprint density at radius 2 is 1.13 bits per heavy atom. The lowest BCUT2D eigenvalue weighted by Gasteiger charge is -2.19. The lowest BCUT2D eigenvalue weighted by Crippen LogP contribution is -2.08. The smallest absolute Gasteiger partial charge is 0.101 e. The molecule has 4 rings (SSSR count). The van der Waals surface area contributed by atoms with E-state index in [4.69, 9.17) is 10.5 Å². The molecule has 0 fully saturated rings. The van der Waals surface area contributed by atoms with E-state index < -0.39 is 0 Å². The van der Waals surface area contributed by atoms with Crippen LogP contribution in [0.25, 0.3) is 10.4 Å². The van der Waals surface area contributed by atoms with Crippen LogP contribution in [-0.2, 0) is 0 Å². The van der Waals surface area contributed by atoms with Crippen LogP contribution in [0.5, 0.6) is 0 Å². The average Bonchev–Trinajstić information content (AvgIpc) is 2.82. The Morgan fingerprint density at radius 3 is 1.70 bits per heavy atom. The summed E-state index contributed by atoms with van der Waals surface area (Å²) >= 11 is 0. The third kappa shape index (κ3) is 4.30. The number of aliphatic imine (C=N–C) groups is 1. The summed E-state index contributed by atoms with van der Waals surface area (Å²) in [6, 6.07) is 37.7. The molecular formula is C26H20N4. The van der Waals surface area contributed by atoms with Crippen LogP contribution in [0.3, 0.4) is 0 Å². The van der Waals surface area contributed by atoms with Gasteiger partial charge in [0.2, 0.25) is 0 Å². The molecule has 1 atom stereocenters. The second-order valence-electron chi connectivity index (χ2n) is 6.77. The fourth-order valence-corrected chi connectivity index (χ4v) is 3.45. The van der Waals surface area contributed by atoms with Gasteiger partial charge < -0.3 is 0 Å². The summed E-state index contributed by atoms with van der Waals surface area (Å²) in [7, 11) is 0. The minimum Gasteiger partial charge on any atom is -0.271 e. The van der Waals surface area contributed by atoms with Crippen molar-refractivity contribution in [3.8, 4) is 0 Å². The molecule has 0 unspecified atom stereocenters. The summed E-state index contributed by atoms with van der Waals surface area (Å²) in [5.41, 5.74) is 14.5. The van der Waals surface area contributed by atoms with E-state index in [2.05, 4.69) is 46.4 Å². The molecule has 0 N–H and O–H groups in total. The van der Waals surface area contributed by atoms with Crippen LogP contribution < -0.4 is 0 Å². The molecule has 0 aliphatic heterocycles. The van der Waals surface area contributed by atoms with E-state index in [0.29, 0.717) is 5.69 Å². The van der Waals surface area contributed by atoms with Gasteiger partial charge in [-0.05, 0) is 16.7 Å². The molecule has 0 spiro atoms. The van der Waals surface area contributed by atoms with Crippen LogP contribution in [0, 0.1) is 0 Å². The standard InChI is InChI=1S/C26H20N4/c27-30-29-24-19-11-10-18-23(24)26(22-16-8-3-9-17-22)28-25(20-12-4-1-5-13-20)21-14-6-2-7-15-21/h1-19,26H/t26-/m0/s1. The van der Waals surface area contributed by atoms with Gasteiger partial charge in [0.1, 0.15) is 6.04 Å². The van der Waals surface area contributed by atoms with E-state index in [0.717, 1.165) is 28.0 Å². The molecule has 0 aliphatic rings. The maximum atomic E-state index is 9.06. The minimum atomic E-state index is -0.316. The number of benzene rings is 4. The maximum Gasteiger partial charge on any atom is 0.101 e. The molecule has 4 aromatic rings. The SMILES string of the molecule is [N-]=[N+]=Nc1ccccc1[C@@H](N=C(c1ccccc1)c1ccccc1)c1ccccc1. The van der Waals surface area contributed by atoms with Crippen molar-refractivity contribution < 1.29 is 0 Å². The summed E-state index contributed by atoms with van der Waals surface area (Å²) in [6.07, 6.45) is 0. The van der Waals surface area contributed by atoms with Crippen molar-refractivity contribution in [2.24, 2.45) is 10.1 Å². The maximum absolute atomic E-state index is 9.06. The Balaban J connectivity index is 1.96. The Bertz CT molecular complexity index is 1140. The molecule has 30 heavy (non-hydrogen) atoms. The highest BCUT2D eigenvalue weighted by Gasteiger charge is 2.18. The third-order valence-electron chi connectivity index (χ3n) is 4.85. The quantitative estimate of drug-likeness (QED) is 0.144. The fraction of sp³-hybridized carbons (Fsp3) is 0.0385. The molecule has 0 aliphatic carbocycles. The van der Waals surface area contributed by atoms with Gasteiger partial charge in [-0.25, -0.2) is 0 Å². The molecule has 144 valence electrons. The van der Waals surface area contributed by atoms with Gasteiger partial charge in [-0.1, -0.05) is 120 Å². The summed E-state index contributed by atoms with van der Waals surface area (Å²) in [5, 5.41) is 3.92. The van der Waals surface area contributed by atoms with Crippen molar-refractivity contribution in [2.45, 2.75) is 6.04 Å². The zero-order valence-electron chi connectivity index (χ0n) is 16.3. The van der Waals surface area contributed by atoms with Gasteiger partial charge in [-0.3, -0.25) is 4.99 Å². The molecule has 0 heterocycles. The van der Waals surface area contributed by atoms with Crippen LogP contribution in [0.15, 0.2) is 125 Å². The lowest BCUT2D eigenvalue weighted by atomic mass is 9.96. The first-order valence-corrected chi connectivity index (χ1v) is 9.74. The van der Waals surface area contributed by atoms with Gasteiger partial charge in [0.05, 0.1) is 5.71 Å². The number of azide groups is 1. The summed E-state index contributed by atoms with van der Waals surface area (Å²) in [6.45, 7) is 0. The Morgan fingerprint density at radius 1 is 0.633 bits per heavy atom. The van der Waals surface area contributed by atoms with Crippen molar-refractivity contribution in [1.82, 2.24) is 0 Å². The highest BCUT2D eigenvalue weighted by atomic mass is 15.1. The van der Waals surface area contributed by atoms with Crippen LogP contribution in [0.4, 0.5) is 5.69 Å². The summed E-state index contributed by atoms with van der Waals surface area (Å²) in [5.74, 6) is 0. The minimum absolute atomic E-state index is 0.316. The van der Waals surface area contributed by atoms with Gasteiger partial charge in [0.25, 0.3) is 0 Å². The molecule has 4 heteroatoms. The zero-order valence-corrected chi connectivity index (χ0v) is 16.3. The topological polar surface area (TPSA) is 61.1 Å². The van der Waals surface area contributed by atoms with Crippen LogP contribution in [-0.4, -0.2) is 5.71 Å². The lowest BCUT2D eigenvalue weighted by molar-refractivity contribution is 0.873. The second kappa shape index (κ2) is 9.37. The van der Waals surface area contributed by atoms with Crippen molar-refractivity contribution in [1.29, 1.82) is 0 Å². The average molecular weight is 388 g/mol. The van der Waals surface area contributed by atoms with Gasteiger partial charge in [0.15, 0.2) is 0 Å². The molecular weight excluding hydrogens is 368 g/mol. The first-order chi connectivity index (χ1) is 14.9. The fourth-order valence-electron chi connectivity index (χ4n) is 3.45. The monoisotopic (exact) mass is 388 g/mol. The van der Waals surface area contributed by atoms with E-state index in [9.17, 15) is 0 Å². The third-order valence-corrected chi connectivity index (χ3v) is 4.85. The summed E-state index contributed by atoms with van der Waals surface area (Å²) < 4.78 is 0. The second-order valence-corrected chi connectivity index (χ2v) is 6.77. The normalized spacial score (nSPS) is 11.2. The molecule has 0 aromatic heterocycles. The van der Waals surface area contributed by atoms with Crippen molar-refractivity contribution in [2.75, 3.05) is 0 Å². The predicted octanol–water partition coefficient (Wildman–Crippen LogP) is 7.26. The first kappa shape index (κ1) is 19.2. The number of nitrogens with zero attached hydrogens (tertiary/aromatic N) is 4. The Hall–Kier alpha value is -4.14. The molecule has 4 aromatic carbocycles. The van der Waals surface area contributed by atoms with Crippen molar-refractivity contribution in [3.63, 3.8) is 0 Å². The number of rotatable bonds is 6. The predicted molar refractivity (Wildman–Crippen MR) is 122 cm³/mol. The van der Waals surface area contributed by atoms with Crippen LogP contribution in [0.2, 0.25) is 0 Å². The van der Waals surface area contributed by atoms with Crippen LogP contribution >= 0.6 is 0 Å². The van der Waals surface area contributed by atoms with Crippen molar-refractivity contribution >= 4 is 11.4 Å². The highest BCUT2D eigenvalue weighted by molar-refractivity contribution is 6.13. The molecule has 0 bridgehead atoms. The van der Waals surface area contributed by atoms with Gasteiger partial charge in [-0.2, -0.15) is 0 Å². The Labute approximate surface area is 175 Å².